The predicted octanol–water partition coefficient (Wildman–Crippen LogP) is 6.56. The fraction of sp³-hybridized carbons (Fsp3) is 0.192. The zero-order chi connectivity index (χ0) is 22.3. The van der Waals surface area contributed by atoms with Crippen molar-refractivity contribution < 1.29 is 9.21 Å². The molecule has 3 aromatic carbocycles. The smallest absolute Gasteiger partial charge is 0.227 e. The highest BCUT2D eigenvalue weighted by molar-refractivity contribution is 7.80. The van der Waals surface area contributed by atoms with Gasteiger partial charge in [0, 0.05) is 17.7 Å². The molecule has 0 bridgehead atoms. The summed E-state index contributed by atoms with van der Waals surface area (Å²) >= 11 is 5.26. The lowest BCUT2D eigenvalue weighted by molar-refractivity contribution is -0.119. The lowest BCUT2D eigenvalue weighted by Gasteiger charge is -2.09. The molecule has 0 radical (unpaired) electrons. The third-order valence-electron chi connectivity index (χ3n) is 5.14. The highest BCUT2D eigenvalue weighted by atomic mass is 32.1. The number of hydrogen-bond donors (Lipinski definition) is 2. The summed E-state index contributed by atoms with van der Waals surface area (Å²) < 4.78 is 5.94. The molecule has 0 aliphatic heterocycles. The number of rotatable bonds is 7. The van der Waals surface area contributed by atoms with E-state index < -0.39 is 0 Å². The van der Waals surface area contributed by atoms with Gasteiger partial charge in [-0.15, -0.1) is 0 Å². The number of carbonyl (C=O) groups is 1. The summed E-state index contributed by atoms with van der Waals surface area (Å²) in [6, 6.07) is 23.9. The maximum atomic E-state index is 11.9. The molecule has 0 aliphatic carbocycles. The second-order valence-corrected chi connectivity index (χ2v) is 8.01. The minimum atomic E-state index is -0.0697. The van der Waals surface area contributed by atoms with Gasteiger partial charge in [0.1, 0.15) is 5.52 Å². The highest BCUT2D eigenvalue weighted by Gasteiger charge is 2.11. The number of thiocarbonyl (C=S) groups is 1. The molecule has 0 saturated heterocycles. The number of fused-ring (bicyclic) bond motifs is 1. The van der Waals surface area contributed by atoms with Crippen molar-refractivity contribution in [2.45, 2.75) is 32.6 Å². The highest BCUT2D eigenvalue weighted by Crippen LogP contribution is 2.28. The molecule has 4 rings (SSSR count). The van der Waals surface area contributed by atoms with Gasteiger partial charge in [0.25, 0.3) is 0 Å². The van der Waals surface area contributed by atoms with Gasteiger partial charge in [-0.25, -0.2) is 4.98 Å². The van der Waals surface area contributed by atoms with E-state index in [-0.39, 0.29) is 11.0 Å². The molecule has 4 aromatic rings. The first-order valence-corrected chi connectivity index (χ1v) is 11.2. The molecule has 6 heteroatoms. The third-order valence-corrected chi connectivity index (χ3v) is 5.35. The van der Waals surface area contributed by atoms with Crippen LogP contribution < -0.4 is 10.6 Å². The molecule has 0 aliphatic rings. The second kappa shape index (κ2) is 10.2. The first-order chi connectivity index (χ1) is 15.6. The second-order valence-electron chi connectivity index (χ2n) is 7.60. The van der Waals surface area contributed by atoms with Gasteiger partial charge in [-0.3, -0.25) is 4.79 Å². The number of benzene rings is 3. The average molecular weight is 444 g/mol. The van der Waals surface area contributed by atoms with E-state index in [0.717, 1.165) is 36.1 Å². The molecule has 0 unspecified atom stereocenters. The topological polar surface area (TPSA) is 67.2 Å². The van der Waals surface area contributed by atoms with Crippen LogP contribution in [-0.4, -0.2) is 16.0 Å². The van der Waals surface area contributed by atoms with Crippen LogP contribution in [0.4, 0.5) is 5.69 Å². The zero-order valence-corrected chi connectivity index (χ0v) is 18.7. The standard InChI is InChI=1S/C26H25N3O2S/c1-2-3-5-10-24(30)29-26(32)27-21-15-16-23-22(17-21)28-25(31-23)20-13-11-19(12-14-20)18-8-6-4-7-9-18/h4,6-9,11-17H,2-3,5,10H2,1H3,(H2,27,29,30,32). The van der Waals surface area contributed by atoms with Crippen LogP contribution in [0.1, 0.15) is 32.6 Å². The molecule has 2 N–H and O–H groups in total. The van der Waals surface area contributed by atoms with Crippen LogP contribution in [0.2, 0.25) is 0 Å². The first kappa shape index (κ1) is 21.7. The molecule has 32 heavy (non-hydrogen) atoms. The van der Waals surface area contributed by atoms with Gasteiger partial charge >= 0.3 is 0 Å². The Balaban J connectivity index is 1.44. The van der Waals surface area contributed by atoms with Crippen LogP contribution in [0, 0.1) is 0 Å². The maximum absolute atomic E-state index is 11.9. The number of unbranched alkanes of at least 4 members (excludes halogenated alkanes) is 2. The van der Waals surface area contributed by atoms with Gasteiger partial charge in [0.2, 0.25) is 11.8 Å². The molecule has 0 fully saturated rings. The Labute approximate surface area is 192 Å². The van der Waals surface area contributed by atoms with Gasteiger partial charge < -0.3 is 15.1 Å². The van der Waals surface area contributed by atoms with E-state index in [1.165, 1.54) is 5.56 Å². The van der Waals surface area contributed by atoms with Crippen molar-refractivity contribution in [2.24, 2.45) is 0 Å². The van der Waals surface area contributed by atoms with Crippen molar-refractivity contribution in [1.82, 2.24) is 10.3 Å². The monoisotopic (exact) mass is 443 g/mol. The molecule has 1 aromatic heterocycles. The lowest BCUT2D eigenvalue weighted by atomic mass is 10.0. The van der Waals surface area contributed by atoms with Crippen LogP contribution >= 0.6 is 12.2 Å². The minimum absolute atomic E-state index is 0.0697. The Bertz CT molecular complexity index is 1220. The fourth-order valence-corrected chi connectivity index (χ4v) is 3.68. The van der Waals surface area contributed by atoms with Crippen molar-refractivity contribution in [3.63, 3.8) is 0 Å². The summed E-state index contributed by atoms with van der Waals surface area (Å²) in [7, 11) is 0. The van der Waals surface area contributed by atoms with Crippen LogP contribution in [0.5, 0.6) is 0 Å². The number of hydrogen-bond acceptors (Lipinski definition) is 4. The SMILES string of the molecule is CCCCCC(=O)NC(=S)Nc1ccc2oc(-c3ccc(-c4ccccc4)cc3)nc2c1. The average Bonchev–Trinajstić information content (AvgIpc) is 3.23. The molecule has 162 valence electrons. The number of oxazole rings is 1. The number of amides is 1. The van der Waals surface area contributed by atoms with Crippen molar-refractivity contribution in [3.05, 3.63) is 72.8 Å². The van der Waals surface area contributed by atoms with Crippen LogP contribution in [0.25, 0.3) is 33.7 Å². The van der Waals surface area contributed by atoms with Gasteiger partial charge in [-0.05, 0) is 60.1 Å². The fourth-order valence-electron chi connectivity index (χ4n) is 3.45. The summed E-state index contributed by atoms with van der Waals surface area (Å²) in [5.74, 6) is 0.489. The predicted molar refractivity (Wildman–Crippen MR) is 133 cm³/mol. The normalized spacial score (nSPS) is 10.8. The molecule has 1 heterocycles. The maximum Gasteiger partial charge on any atom is 0.227 e. The van der Waals surface area contributed by atoms with Crippen molar-refractivity contribution in [3.8, 4) is 22.6 Å². The zero-order valence-electron chi connectivity index (χ0n) is 17.9. The third kappa shape index (κ3) is 5.39. The molecular weight excluding hydrogens is 418 g/mol. The van der Waals surface area contributed by atoms with Crippen LogP contribution in [-0.2, 0) is 4.79 Å². The molecule has 0 atom stereocenters. The summed E-state index contributed by atoms with van der Waals surface area (Å²) in [4.78, 5) is 16.6. The summed E-state index contributed by atoms with van der Waals surface area (Å²) in [5, 5.41) is 6.05. The molecule has 0 saturated carbocycles. The molecule has 5 nitrogen and oxygen atoms in total. The number of anilines is 1. The van der Waals surface area contributed by atoms with E-state index in [4.69, 9.17) is 16.6 Å². The van der Waals surface area contributed by atoms with E-state index in [1.807, 2.05) is 48.5 Å². The Hall–Kier alpha value is -3.51. The van der Waals surface area contributed by atoms with E-state index in [0.29, 0.717) is 23.4 Å². The summed E-state index contributed by atoms with van der Waals surface area (Å²) in [6.07, 6.45) is 3.45. The van der Waals surface area contributed by atoms with E-state index in [2.05, 4.69) is 46.8 Å². The Kier molecular flexibility index (Phi) is 6.92. The van der Waals surface area contributed by atoms with Gasteiger partial charge in [0.05, 0.1) is 0 Å². The lowest BCUT2D eigenvalue weighted by Crippen LogP contribution is -2.33. The minimum Gasteiger partial charge on any atom is -0.436 e. The molecule has 0 spiro atoms. The largest absolute Gasteiger partial charge is 0.436 e. The first-order valence-electron chi connectivity index (χ1n) is 10.8. The van der Waals surface area contributed by atoms with Crippen molar-refractivity contribution in [2.75, 3.05) is 5.32 Å². The van der Waals surface area contributed by atoms with Gasteiger partial charge in [-0.1, -0.05) is 62.2 Å². The Morgan fingerprint density at radius 2 is 1.66 bits per heavy atom. The van der Waals surface area contributed by atoms with Gasteiger partial charge in [-0.2, -0.15) is 0 Å². The molecule has 1 amide bonds. The number of aromatic nitrogens is 1. The van der Waals surface area contributed by atoms with E-state index >= 15 is 0 Å². The van der Waals surface area contributed by atoms with Crippen molar-refractivity contribution in [1.29, 1.82) is 0 Å². The van der Waals surface area contributed by atoms with Crippen LogP contribution in [0.15, 0.2) is 77.2 Å². The number of nitrogens with zero attached hydrogens (tertiary/aromatic N) is 1. The Morgan fingerprint density at radius 3 is 2.41 bits per heavy atom. The Morgan fingerprint density at radius 1 is 0.938 bits per heavy atom. The summed E-state index contributed by atoms with van der Waals surface area (Å²) in [5.41, 5.74) is 5.37. The molecular formula is C26H25N3O2S. The van der Waals surface area contributed by atoms with Gasteiger partial charge in [0.15, 0.2) is 10.7 Å². The number of carbonyl (C=O) groups excluding carboxylic acids is 1. The number of nitrogens with one attached hydrogen (secondary N) is 2. The van der Waals surface area contributed by atoms with Crippen molar-refractivity contribution >= 4 is 40.0 Å². The van der Waals surface area contributed by atoms with E-state index in [9.17, 15) is 4.79 Å². The quantitative estimate of drug-likeness (QED) is 0.250. The van der Waals surface area contributed by atoms with Crippen LogP contribution in [0.3, 0.4) is 0 Å². The van der Waals surface area contributed by atoms with E-state index in [1.54, 1.807) is 0 Å². The summed E-state index contributed by atoms with van der Waals surface area (Å²) in [6.45, 7) is 2.11.